The summed E-state index contributed by atoms with van der Waals surface area (Å²) in [7, 11) is 0. The van der Waals surface area contributed by atoms with Gasteiger partial charge in [0, 0.05) is 19.1 Å². The number of carbonyl (C=O) groups excluding carboxylic acids is 4. The Labute approximate surface area is 282 Å². The van der Waals surface area contributed by atoms with Gasteiger partial charge >= 0.3 is 18.0 Å². The SMILES string of the molecule is CC(=O)OC(C)C1C(=O)N2C(C(=O)OCc3ccc([N+](=O)[O-])cc3)=C(Oc3ccc([S+](C)[O-])cc3)SC12.NC(=O)OCc1ccccc1. The fraction of sp³-hybridized carbons (Fsp3) is 0.250. The molecule has 3 aromatic rings. The summed E-state index contributed by atoms with van der Waals surface area (Å²) < 4.78 is 32.8. The number of amides is 2. The number of rotatable bonds is 11. The van der Waals surface area contributed by atoms with Crippen LogP contribution in [-0.4, -0.2) is 56.0 Å². The smallest absolute Gasteiger partial charge is 0.404 e. The number of hydrogen-bond acceptors (Lipinski definition) is 12. The number of fused-ring (bicyclic) bond motifs is 1. The zero-order valence-corrected chi connectivity index (χ0v) is 27.6. The lowest BCUT2D eigenvalue weighted by atomic mass is 9.92. The predicted molar refractivity (Wildman–Crippen MR) is 173 cm³/mol. The first kappa shape index (κ1) is 35.8. The van der Waals surface area contributed by atoms with Crippen LogP contribution in [-0.2, 0) is 53.0 Å². The molecule has 0 bridgehead atoms. The molecule has 14 nitrogen and oxygen atoms in total. The van der Waals surface area contributed by atoms with Gasteiger partial charge in [-0.1, -0.05) is 42.1 Å². The molecule has 252 valence electrons. The summed E-state index contributed by atoms with van der Waals surface area (Å²) in [5.41, 5.74) is 6.05. The molecular weight excluding hydrogens is 666 g/mol. The van der Waals surface area contributed by atoms with E-state index in [0.29, 0.717) is 16.2 Å². The van der Waals surface area contributed by atoms with Crippen molar-refractivity contribution in [1.29, 1.82) is 0 Å². The van der Waals surface area contributed by atoms with Gasteiger partial charge in [0.1, 0.15) is 42.6 Å². The van der Waals surface area contributed by atoms with Crippen LogP contribution in [0.2, 0.25) is 0 Å². The fourth-order valence-corrected chi connectivity index (χ4v) is 6.58. The number of carbonyl (C=O) groups is 4. The number of esters is 2. The average Bonchev–Trinajstić information content (AvgIpc) is 3.37. The van der Waals surface area contributed by atoms with Crippen LogP contribution < -0.4 is 10.5 Å². The molecule has 0 aliphatic carbocycles. The van der Waals surface area contributed by atoms with E-state index in [1.165, 1.54) is 36.1 Å². The van der Waals surface area contributed by atoms with E-state index in [0.717, 1.165) is 17.3 Å². The Hall–Kier alpha value is -5.06. The largest absolute Gasteiger partial charge is 0.612 e. The number of nitrogens with two attached hydrogens (primary N) is 1. The van der Waals surface area contributed by atoms with Crippen LogP contribution in [0.3, 0.4) is 0 Å². The second-order valence-electron chi connectivity index (χ2n) is 10.3. The molecule has 0 saturated carbocycles. The van der Waals surface area contributed by atoms with Crippen LogP contribution in [0.4, 0.5) is 10.5 Å². The monoisotopic (exact) mass is 697 g/mol. The van der Waals surface area contributed by atoms with Crippen LogP contribution >= 0.6 is 11.8 Å². The molecule has 4 atom stereocenters. The highest BCUT2D eigenvalue weighted by Gasteiger charge is 2.60. The van der Waals surface area contributed by atoms with E-state index in [4.69, 9.17) is 19.9 Å². The van der Waals surface area contributed by atoms with Crippen LogP contribution in [0.25, 0.3) is 0 Å². The maximum Gasteiger partial charge on any atom is 0.404 e. The van der Waals surface area contributed by atoms with E-state index >= 15 is 0 Å². The number of non-ortho nitro benzene ring substituents is 1. The summed E-state index contributed by atoms with van der Waals surface area (Å²) in [6.07, 6.45) is 0.0915. The molecule has 0 radical (unpaired) electrons. The van der Waals surface area contributed by atoms with Gasteiger partial charge in [0.05, 0.1) is 4.92 Å². The number of primary amides is 1. The summed E-state index contributed by atoms with van der Waals surface area (Å²) in [5, 5.41) is 10.4. The van der Waals surface area contributed by atoms with E-state index < -0.39 is 57.4 Å². The minimum absolute atomic E-state index is 0.0867. The number of β-lactam (4-membered cyclic amide) rings is 1. The molecule has 2 N–H and O–H groups in total. The zero-order chi connectivity index (χ0) is 35.0. The molecule has 48 heavy (non-hydrogen) atoms. The summed E-state index contributed by atoms with van der Waals surface area (Å²) >= 11 is -0.0488. The minimum atomic E-state index is -1.18. The van der Waals surface area contributed by atoms with Crippen molar-refractivity contribution in [3.63, 3.8) is 0 Å². The molecule has 1 fully saturated rings. The van der Waals surface area contributed by atoms with Gasteiger partial charge in [-0.25, -0.2) is 9.59 Å². The summed E-state index contributed by atoms with van der Waals surface area (Å²) in [6.45, 7) is 2.92. The van der Waals surface area contributed by atoms with Crippen molar-refractivity contribution in [3.8, 4) is 5.75 Å². The van der Waals surface area contributed by atoms with Gasteiger partial charge < -0.3 is 29.2 Å². The molecular formula is C32H31N3O11S2. The third-order valence-electron chi connectivity index (χ3n) is 6.90. The van der Waals surface area contributed by atoms with Crippen molar-refractivity contribution < 1.29 is 47.6 Å². The maximum absolute atomic E-state index is 13.1. The van der Waals surface area contributed by atoms with Crippen molar-refractivity contribution in [2.24, 2.45) is 11.7 Å². The number of nitrogens with zero attached hydrogens (tertiary/aromatic N) is 2. The topological polar surface area (TPSA) is 201 Å². The predicted octanol–water partition coefficient (Wildman–Crippen LogP) is 4.39. The van der Waals surface area contributed by atoms with E-state index in [1.54, 1.807) is 37.4 Å². The van der Waals surface area contributed by atoms with Gasteiger partial charge in [-0.15, -0.1) is 0 Å². The fourth-order valence-electron chi connectivity index (χ4n) is 4.60. The Morgan fingerprint density at radius 2 is 1.58 bits per heavy atom. The molecule has 0 spiro atoms. The molecule has 0 aromatic heterocycles. The Morgan fingerprint density at radius 1 is 0.979 bits per heavy atom. The number of hydrogen-bond donors (Lipinski definition) is 1. The molecule has 4 unspecified atom stereocenters. The Bertz CT molecular complexity index is 1680. The lowest BCUT2D eigenvalue weighted by molar-refractivity contribution is -0.384. The van der Waals surface area contributed by atoms with Crippen molar-refractivity contribution in [1.82, 2.24) is 4.90 Å². The first-order valence-electron chi connectivity index (χ1n) is 14.2. The Kier molecular flexibility index (Phi) is 12.1. The maximum atomic E-state index is 13.1. The zero-order valence-electron chi connectivity index (χ0n) is 25.9. The third kappa shape index (κ3) is 9.05. The van der Waals surface area contributed by atoms with E-state index in [2.05, 4.69) is 4.74 Å². The summed E-state index contributed by atoms with van der Waals surface area (Å²) in [6, 6.07) is 21.4. The Balaban J connectivity index is 0.000000401. The second kappa shape index (κ2) is 16.2. The molecule has 5 rings (SSSR count). The highest BCUT2D eigenvalue weighted by atomic mass is 32.2. The normalized spacial score (nSPS) is 17.5. The molecule has 16 heteroatoms. The number of ether oxygens (including phenoxy) is 4. The molecule has 1 saturated heterocycles. The number of benzene rings is 3. The standard InChI is InChI=1S/C24H22N2O9S2.C8H9NO2/c1-13(34-14(2)27)19-21(28)25-20(23(29)33-12-15-4-6-16(7-5-15)26(30)31)24(36-22(19)25)35-17-8-10-18(11-9-17)37(3)32;9-8(10)11-6-7-4-2-1-3-5-7/h4-11,13,19,22H,12H2,1-3H3;1-5H,6H2,(H2,9,10). The van der Waals surface area contributed by atoms with Gasteiger partial charge in [0.25, 0.3) is 5.69 Å². The molecule has 3 aromatic carbocycles. The highest BCUT2D eigenvalue weighted by Crippen LogP contribution is 2.51. The number of nitro groups is 1. The van der Waals surface area contributed by atoms with Gasteiger partial charge in [-0.2, -0.15) is 0 Å². The highest BCUT2D eigenvalue weighted by molar-refractivity contribution is 8.03. The van der Waals surface area contributed by atoms with Gasteiger partial charge in [-0.05, 0) is 65.6 Å². The van der Waals surface area contributed by atoms with Crippen LogP contribution in [0.5, 0.6) is 5.75 Å². The van der Waals surface area contributed by atoms with E-state index in [1.807, 2.05) is 30.3 Å². The Morgan fingerprint density at radius 3 is 2.15 bits per heavy atom. The summed E-state index contributed by atoms with van der Waals surface area (Å²) in [4.78, 5) is 59.9. The van der Waals surface area contributed by atoms with Crippen LogP contribution in [0.1, 0.15) is 25.0 Å². The van der Waals surface area contributed by atoms with Crippen molar-refractivity contribution in [2.75, 3.05) is 6.26 Å². The van der Waals surface area contributed by atoms with Crippen molar-refractivity contribution in [2.45, 2.75) is 43.4 Å². The first-order valence-corrected chi connectivity index (χ1v) is 16.7. The van der Waals surface area contributed by atoms with Crippen LogP contribution in [0.15, 0.2) is 94.5 Å². The average molecular weight is 698 g/mol. The van der Waals surface area contributed by atoms with Gasteiger partial charge in [0.15, 0.2) is 15.7 Å². The molecule has 2 aliphatic rings. The number of thioether (sulfide) groups is 1. The minimum Gasteiger partial charge on any atom is -0.612 e. The van der Waals surface area contributed by atoms with Crippen LogP contribution in [0, 0.1) is 16.0 Å². The molecule has 2 heterocycles. The first-order chi connectivity index (χ1) is 22.8. The van der Waals surface area contributed by atoms with E-state index in [9.17, 15) is 33.8 Å². The number of nitro benzene ring substituents is 1. The van der Waals surface area contributed by atoms with E-state index in [-0.39, 0.29) is 29.7 Å². The van der Waals surface area contributed by atoms with Crippen molar-refractivity contribution in [3.05, 3.63) is 111 Å². The lowest BCUT2D eigenvalue weighted by Gasteiger charge is -2.44. The van der Waals surface area contributed by atoms with Gasteiger partial charge in [0.2, 0.25) is 5.91 Å². The molecule has 2 amide bonds. The van der Waals surface area contributed by atoms with Crippen molar-refractivity contribution >= 4 is 52.6 Å². The third-order valence-corrected chi connectivity index (χ3v) is 9.08. The second-order valence-corrected chi connectivity index (χ2v) is 12.8. The molecule has 2 aliphatic heterocycles. The summed E-state index contributed by atoms with van der Waals surface area (Å²) in [5.74, 6) is -2.08. The lowest BCUT2D eigenvalue weighted by Crippen LogP contribution is -2.61. The quantitative estimate of drug-likeness (QED) is 0.0741. The van der Waals surface area contributed by atoms with Gasteiger partial charge in [-0.3, -0.25) is 24.6 Å².